The third-order valence-electron chi connectivity index (χ3n) is 0.893. The van der Waals surface area contributed by atoms with Gasteiger partial charge < -0.3 is 4.74 Å². The zero-order chi connectivity index (χ0) is 5.28. The molecule has 1 heteroatoms. The molecule has 0 amide bonds. The minimum atomic E-state index is 0.686. The highest BCUT2D eigenvalue weighted by molar-refractivity contribution is 5.21. The van der Waals surface area contributed by atoms with Gasteiger partial charge in [0, 0.05) is 0 Å². The minimum absolute atomic E-state index is 0.686. The molecule has 0 aliphatic carbocycles. The third kappa shape index (κ3) is 0.829. The summed E-state index contributed by atoms with van der Waals surface area (Å²) < 4.78 is 5.03. The Morgan fingerprint density at radius 1 is 1.86 bits per heavy atom. The number of ether oxygens (including phenoxy) is 1. The van der Waals surface area contributed by atoms with E-state index >= 15 is 0 Å². The number of rotatable bonds is 0. The average Bonchev–Trinajstić information content (AvgIpc) is 1.87. The Bertz CT molecular complexity index is 122. The van der Waals surface area contributed by atoms with Crippen LogP contribution in [0.4, 0.5) is 0 Å². The molecule has 1 nitrogen and oxygen atoms in total. The van der Waals surface area contributed by atoms with Gasteiger partial charge in [-0.1, -0.05) is 6.58 Å². The fraction of sp³-hybridized carbons (Fsp3) is 0.333. The molecule has 1 heterocycles. The molecule has 1 rings (SSSR count). The van der Waals surface area contributed by atoms with Crippen molar-refractivity contribution in [3.8, 4) is 0 Å². The molecule has 0 atom stereocenters. The van der Waals surface area contributed by atoms with E-state index < -0.39 is 0 Å². The highest BCUT2D eigenvalue weighted by Gasteiger charge is 2.00. The smallest absolute Gasteiger partial charge is 0.112 e. The van der Waals surface area contributed by atoms with Gasteiger partial charge in [-0.05, 0) is 18.6 Å². The first kappa shape index (κ1) is 4.44. The van der Waals surface area contributed by atoms with Crippen LogP contribution in [0.15, 0.2) is 24.0 Å². The van der Waals surface area contributed by atoms with Crippen molar-refractivity contribution in [2.24, 2.45) is 0 Å². The molecule has 0 unspecified atom stereocenters. The van der Waals surface area contributed by atoms with Crippen LogP contribution < -0.4 is 0 Å². The van der Waals surface area contributed by atoms with Gasteiger partial charge >= 0.3 is 0 Å². The van der Waals surface area contributed by atoms with Crippen molar-refractivity contribution in [2.45, 2.75) is 6.92 Å². The van der Waals surface area contributed by atoms with Gasteiger partial charge in [-0.25, -0.2) is 0 Å². The van der Waals surface area contributed by atoms with Crippen LogP contribution in [-0.4, -0.2) is 6.61 Å². The summed E-state index contributed by atoms with van der Waals surface area (Å²) in [6, 6.07) is 0. The lowest BCUT2D eigenvalue weighted by Crippen LogP contribution is -1.79. The van der Waals surface area contributed by atoms with Gasteiger partial charge in [-0.3, -0.25) is 0 Å². The largest absolute Gasteiger partial charge is 0.494 e. The van der Waals surface area contributed by atoms with E-state index in [1.807, 2.05) is 13.0 Å². The van der Waals surface area contributed by atoms with Crippen LogP contribution in [0.2, 0.25) is 0 Å². The Hall–Kier alpha value is -0.720. The van der Waals surface area contributed by atoms with E-state index in [0.717, 1.165) is 11.3 Å². The molecule has 0 spiro atoms. The van der Waals surface area contributed by atoms with E-state index in [0.29, 0.717) is 6.61 Å². The highest BCUT2D eigenvalue weighted by Crippen LogP contribution is 2.10. The van der Waals surface area contributed by atoms with Crippen molar-refractivity contribution >= 4 is 0 Å². The van der Waals surface area contributed by atoms with E-state index in [4.69, 9.17) is 4.74 Å². The summed E-state index contributed by atoms with van der Waals surface area (Å²) in [6.07, 6.45) is 1.94. The Kier molecular flexibility index (Phi) is 0.895. The molecule has 0 saturated heterocycles. The van der Waals surface area contributed by atoms with Crippen LogP contribution in [-0.2, 0) is 4.74 Å². The summed E-state index contributed by atoms with van der Waals surface area (Å²) in [5.74, 6) is 0.977. The lowest BCUT2D eigenvalue weighted by molar-refractivity contribution is 0.263. The van der Waals surface area contributed by atoms with Crippen molar-refractivity contribution in [2.75, 3.05) is 6.61 Å². The normalized spacial score (nSPS) is 19.0. The molecule has 7 heavy (non-hydrogen) atoms. The predicted octanol–water partition coefficient (Wildman–Crippen LogP) is 1.48. The summed E-state index contributed by atoms with van der Waals surface area (Å²) in [5, 5.41) is 0. The molecule has 0 radical (unpaired) electrons. The van der Waals surface area contributed by atoms with E-state index in [2.05, 4.69) is 6.58 Å². The molecule has 0 aromatic rings. The third-order valence-corrected chi connectivity index (χ3v) is 0.893. The Morgan fingerprint density at radius 3 is 2.71 bits per heavy atom. The molecule has 1 aliphatic heterocycles. The summed E-state index contributed by atoms with van der Waals surface area (Å²) in [7, 11) is 0. The molecular formula is C6H8O. The summed E-state index contributed by atoms with van der Waals surface area (Å²) in [4.78, 5) is 0. The average molecular weight is 96.1 g/mol. The number of hydrogen-bond donors (Lipinski definition) is 0. The molecule has 0 N–H and O–H groups in total. The lowest BCUT2D eigenvalue weighted by atomic mass is 10.3. The van der Waals surface area contributed by atoms with Crippen LogP contribution >= 0.6 is 0 Å². The fourth-order valence-electron chi connectivity index (χ4n) is 0.577. The quantitative estimate of drug-likeness (QED) is 0.443. The monoisotopic (exact) mass is 96.1 g/mol. The second kappa shape index (κ2) is 1.41. The van der Waals surface area contributed by atoms with Crippen molar-refractivity contribution in [1.29, 1.82) is 0 Å². The Morgan fingerprint density at radius 2 is 2.57 bits per heavy atom. The summed E-state index contributed by atoms with van der Waals surface area (Å²) >= 11 is 0. The van der Waals surface area contributed by atoms with Crippen LogP contribution in [0.1, 0.15) is 6.92 Å². The van der Waals surface area contributed by atoms with Crippen LogP contribution in [0.3, 0.4) is 0 Å². The maximum Gasteiger partial charge on any atom is 0.112 e. The van der Waals surface area contributed by atoms with Gasteiger partial charge in [-0.2, -0.15) is 0 Å². The lowest BCUT2D eigenvalue weighted by Gasteiger charge is -1.90. The van der Waals surface area contributed by atoms with Crippen molar-refractivity contribution in [1.82, 2.24) is 0 Å². The van der Waals surface area contributed by atoms with Gasteiger partial charge in [0.2, 0.25) is 0 Å². The second-order valence-corrected chi connectivity index (χ2v) is 1.70. The van der Waals surface area contributed by atoms with E-state index in [-0.39, 0.29) is 0 Å². The minimum Gasteiger partial charge on any atom is -0.494 e. The maximum atomic E-state index is 5.03. The standard InChI is InChI=1S/C6H8O/c1-5-3-6(2)7-4-5/h3H,1,4H2,2H3. The summed E-state index contributed by atoms with van der Waals surface area (Å²) in [6.45, 7) is 6.32. The molecule has 1 aliphatic rings. The molecule has 0 aromatic heterocycles. The molecular weight excluding hydrogens is 88.1 g/mol. The van der Waals surface area contributed by atoms with E-state index in [1.165, 1.54) is 0 Å². The molecule has 0 fully saturated rings. The maximum absolute atomic E-state index is 5.03. The first-order valence-electron chi connectivity index (χ1n) is 2.28. The fourth-order valence-corrected chi connectivity index (χ4v) is 0.577. The Balaban J connectivity index is 2.67. The first-order valence-corrected chi connectivity index (χ1v) is 2.28. The second-order valence-electron chi connectivity index (χ2n) is 1.70. The SMILES string of the molecule is C=C1C=C(C)OC1. The van der Waals surface area contributed by atoms with Crippen LogP contribution in [0.5, 0.6) is 0 Å². The van der Waals surface area contributed by atoms with Gasteiger partial charge in [-0.15, -0.1) is 0 Å². The van der Waals surface area contributed by atoms with E-state index in [1.54, 1.807) is 0 Å². The van der Waals surface area contributed by atoms with Gasteiger partial charge in [0.15, 0.2) is 0 Å². The zero-order valence-electron chi connectivity index (χ0n) is 4.40. The van der Waals surface area contributed by atoms with Gasteiger partial charge in [0.05, 0.1) is 5.76 Å². The van der Waals surface area contributed by atoms with Gasteiger partial charge in [0.25, 0.3) is 0 Å². The Labute approximate surface area is 43.3 Å². The number of hydrogen-bond acceptors (Lipinski definition) is 1. The van der Waals surface area contributed by atoms with Crippen molar-refractivity contribution in [3.05, 3.63) is 24.0 Å². The number of allylic oxidation sites excluding steroid dienone is 1. The first-order chi connectivity index (χ1) is 3.29. The van der Waals surface area contributed by atoms with Crippen molar-refractivity contribution in [3.63, 3.8) is 0 Å². The zero-order valence-corrected chi connectivity index (χ0v) is 4.40. The van der Waals surface area contributed by atoms with Crippen LogP contribution in [0, 0.1) is 0 Å². The summed E-state index contributed by atoms with van der Waals surface area (Å²) in [5.41, 5.74) is 1.07. The highest BCUT2D eigenvalue weighted by atomic mass is 16.5. The van der Waals surface area contributed by atoms with Crippen LogP contribution in [0.25, 0.3) is 0 Å². The predicted molar refractivity (Wildman–Crippen MR) is 28.8 cm³/mol. The molecule has 38 valence electrons. The molecule has 0 saturated carbocycles. The van der Waals surface area contributed by atoms with E-state index in [9.17, 15) is 0 Å². The van der Waals surface area contributed by atoms with Crippen molar-refractivity contribution < 1.29 is 4.74 Å². The molecule has 0 aromatic carbocycles. The topological polar surface area (TPSA) is 9.23 Å². The van der Waals surface area contributed by atoms with Gasteiger partial charge in [0.1, 0.15) is 6.61 Å². The molecule has 0 bridgehead atoms.